The van der Waals surface area contributed by atoms with E-state index in [-0.39, 0.29) is 23.4 Å². The molecule has 2 N–H and O–H groups in total. The van der Waals surface area contributed by atoms with Crippen LogP contribution in [0.25, 0.3) is 0 Å². The predicted molar refractivity (Wildman–Crippen MR) is 97.0 cm³/mol. The van der Waals surface area contributed by atoms with Crippen molar-refractivity contribution in [3.05, 3.63) is 53.9 Å². The Bertz CT molecular complexity index is 744. The van der Waals surface area contributed by atoms with Crippen molar-refractivity contribution < 1.29 is 14.3 Å². The minimum absolute atomic E-state index is 0.0123. The zero-order valence-corrected chi connectivity index (χ0v) is 14.7. The summed E-state index contributed by atoms with van der Waals surface area (Å²) < 4.78 is 5.69. The fraction of sp³-hybridized carbons (Fsp3) is 0.316. The second-order valence-corrected chi connectivity index (χ2v) is 5.78. The third kappa shape index (κ3) is 5.31. The minimum atomic E-state index is -0.398. The average molecular weight is 341 g/mol. The summed E-state index contributed by atoms with van der Waals surface area (Å²) in [6, 6.07) is 12.0. The van der Waals surface area contributed by atoms with E-state index in [1.165, 1.54) is 0 Å². The van der Waals surface area contributed by atoms with Gasteiger partial charge < -0.3 is 15.4 Å². The standard InChI is InChI=1S/C19H23N3O3/c1-4-12-20-18(23)15-9-7-10-16(21-15)19(24)22-14-8-5-6-11-17(14)25-13(2)3/h5-11,13H,4,12H2,1-3H3,(H,20,23)(H,22,24). The number of amides is 2. The van der Waals surface area contributed by atoms with Gasteiger partial charge in [-0.05, 0) is 44.5 Å². The largest absolute Gasteiger partial charge is 0.489 e. The van der Waals surface area contributed by atoms with E-state index in [9.17, 15) is 9.59 Å². The van der Waals surface area contributed by atoms with Crippen molar-refractivity contribution in [3.63, 3.8) is 0 Å². The molecule has 0 atom stereocenters. The predicted octanol–water partition coefficient (Wildman–Crippen LogP) is 3.26. The highest BCUT2D eigenvalue weighted by Gasteiger charge is 2.14. The molecule has 1 heterocycles. The second-order valence-electron chi connectivity index (χ2n) is 5.78. The van der Waals surface area contributed by atoms with E-state index in [1.807, 2.05) is 32.9 Å². The molecule has 0 bridgehead atoms. The zero-order chi connectivity index (χ0) is 18.2. The van der Waals surface area contributed by atoms with Gasteiger partial charge in [0.1, 0.15) is 17.1 Å². The summed E-state index contributed by atoms with van der Waals surface area (Å²) >= 11 is 0. The molecular formula is C19H23N3O3. The number of aromatic nitrogens is 1. The first-order chi connectivity index (χ1) is 12.0. The molecule has 0 radical (unpaired) electrons. The molecule has 0 aliphatic heterocycles. The molecule has 0 unspecified atom stereocenters. The molecule has 1 aromatic carbocycles. The molecule has 1 aromatic heterocycles. The smallest absolute Gasteiger partial charge is 0.274 e. The Balaban J connectivity index is 2.15. The van der Waals surface area contributed by atoms with Crippen LogP contribution in [0, 0.1) is 0 Å². The molecule has 0 aliphatic carbocycles. The highest BCUT2D eigenvalue weighted by molar-refractivity contribution is 6.04. The molecule has 0 saturated heterocycles. The van der Waals surface area contributed by atoms with Crippen molar-refractivity contribution >= 4 is 17.5 Å². The SMILES string of the molecule is CCCNC(=O)c1cccc(C(=O)Nc2ccccc2OC(C)C)n1. The molecule has 2 rings (SSSR count). The number of hydrogen-bond donors (Lipinski definition) is 2. The van der Waals surface area contributed by atoms with E-state index < -0.39 is 5.91 Å². The Hall–Kier alpha value is -2.89. The lowest BCUT2D eigenvalue weighted by Gasteiger charge is -2.14. The first-order valence-electron chi connectivity index (χ1n) is 8.33. The van der Waals surface area contributed by atoms with Crippen molar-refractivity contribution in [2.75, 3.05) is 11.9 Å². The van der Waals surface area contributed by atoms with Crippen LogP contribution in [0.5, 0.6) is 5.75 Å². The van der Waals surface area contributed by atoms with E-state index in [2.05, 4.69) is 15.6 Å². The molecular weight excluding hydrogens is 318 g/mol. The van der Waals surface area contributed by atoms with Crippen molar-refractivity contribution in [1.29, 1.82) is 0 Å². The summed E-state index contributed by atoms with van der Waals surface area (Å²) in [7, 11) is 0. The number of nitrogens with one attached hydrogen (secondary N) is 2. The molecule has 25 heavy (non-hydrogen) atoms. The van der Waals surface area contributed by atoms with Crippen molar-refractivity contribution in [2.45, 2.75) is 33.3 Å². The number of nitrogens with zero attached hydrogens (tertiary/aromatic N) is 1. The van der Waals surface area contributed by atoms with Crippen LogP contribution < -0.4 is 15.4 Å². The van der Waals surface area contributed by atoms with Crippen LogP contribution in [0.3, 0.4) is 0 Å². The van der Waals surface area contributed by atoms with Gasteiger partial charge in [-0.2, -0.15) is 0 Å². The van der Waals surface area contributed by atoms with Gasteiger partial charge in [-0.25, -0.2) is 4.98 Å². The second kappa shape index (κ2) is 8.82. The molecule has 0 saturated carbocycles. The molecule has 6 nitrogen and oxygen atoms in total. The Labute approximate surface area is 147 Å². The normalized spacial score (nSPS) is 10.4. The highest BCUT2D eigenvalue weighted by atomic mass is 16.5. The van der Waals surface area contributed by atoms with Gasteiger partial charge in [-0.1, -0.05) is 25.1 Å². The first-order valence-corrected chi connectivity index (χ1v) is 8.33. The lowest BCUT2D eigenvalue weighted by molar-refractivity contribution is 0.0948. The molecule has 132 valence electrons. The maximum atomic E-state index is 12.5. The van der Waals surface area contributed by atoms with Gasteiger partial charge in [0.2, 0.25) is 0 Å². The van der Waals surface area contributed by atoms with Gasteiger partial charge in [0, 0.05) is 6.54 Å². The average Bonchev–Trinajstić information content (AvgIpc) is 2.61. The number of benzene rings is 1. The summed E-state index contributed by atoms with van der Waals surface area (Å²) in [6.07, 6.45) is 0.820. The summed E-state index contributed by atoms with van der Waals surface area (Å²) in [6.45, 7) is 6.36. The maximum absolute atomic E-state index is 12.5. The van der Waals surface area contributed by atoms with Crippen LogP contribution in [0.15, 0.2) is 42.5 Å². The Morgan fingerprint density at radius 3 is 2.40 bits per heavy atom. The monoisotopic (exact) mass is 341 g/mol. The van der Waals surface area contributed by atoms with Crippen molar-refractivity contribution in [1.82, 2.24) is 10.3 Å². The summed E-state index contributed by atoms with van der Waals surface area (Å²) in [5, 5.41) is 5.53. The molecule has 2 aromatic rings. The van der Waals surface area contributed by atoms with Crippen molar-refractivity contribution in [3.8, 4) is 5.75 Å². The highest BCUT2D eigenvalue weighted by Crippen LogP contribution is 2.25. The van der Waals surface area contributed by atoms with Crippen molar-refractivity contribution in [2.24, 2.45) is 0 Å². The molecule has 0 aliphatic rings. The van der Waals surface area contributed by atoms with E-state index in [0.29, 0.717) is 18.0 Å². The Morgan fingerprint density at radius 1 is 1.04 bits per heavy atom. The zero-order valence-electron chi connectivity index (χ0n) is 14.7. The summed E-state index contributed by atoms with van der Waals surface area (Å²) in [5.74, 6) is -0.104. The summed E-state index contributed by atoms with van der Waals surface area (Å²) in [5.41, 5.74) is 0.945. The van der Waals surface area contributed by atoms with Crippen LogP contribution >= 0.6 is 0 Å². The van der Waals surface area contributed by atoms with Gasteiger partial charge in [-0.15, -0.1) is 0 Å². The van der Waals surface area contributed by atoms with Crippen LogP contribution in [0.4, 0.5) is 5.69 Å². The summed E-state index contributed by atoms with van der Waals surface area (Å²) in [4.78, 5) is 28.6. The topological polar surface area (TPSA) is 80.3 Å². The van der Waals surface area contributed by atoms with Gasteiger partial charge in [-0.3, -0.25) is 9.59 Å². The quantitative estimate of drug-likeness (QED) is 0.810. The maximum Gasteiger partial charge on any atom is 0.274 e. The number of carbonyl (C=O) groups excluding carboxylic acids is 2. The van der Waals surface area contributed by atoms with E-state index in [0.717, 1.165) is 6.42 Å². The van der Waals surface area contributed by atoms with E-state index >= 15 is 0 Å². The molecule has 0 spiro atoms. The number of ether oxygens (including phenoxy) is 1. The van der Waals surface area contributed by atoms with Gasteiger partial charge in [0.15, 0.2) is 0 Å². The first kappa shape index (κ1) is 18.4. The van der Waals surface area contributed by atoms with E-state index in [4.69, 9.17) is 4.74 Å². The third-order valence-electron chi connectivity index (χ3n) is 3.25. The fourth-order valence-electron chi connectivity index (χ4n) is 2.13. The number of hydrogen-bond acceptors (Lipinski definition) is 4. The number of para-hydroxylation sites is 2. The molecule has 0 fully saturated rings. The van der Waals surface area contributed by atoms with Crippen LogP contribution in [0.2, 0.25) is 0 Å². The lowest BCUT2D eigenvalue weighted by Crippen LogP contribution is -2.26. The number of carbonyl (C=O) groups is 2. The Morgan fingerprint density at radius 2 is 1.72 bits per heavy atom. The van der Waals surface area contributed by atoms with Gasteiger partial charge in [0.05, 0.1) is 11.8 Å². The van der Waals surface area contributed by atoms with E-state index in [1.54, 1.807) is 30.3 Å². The molecule has 2 amide bonds. The fourth-order valence-corrected chi connectivity index (χ4v) is 2.13. The molecule has 6 heteroatoms. The number of rotatable bonds is 7. The van der Waals surface area contributed by atoms with Gasteiger partial charge in [0.25, 0.3) is 11.8 Å². The lowest BCUT2D eigenvalue weighted by atomic mass is 10.2. The third-order valence-corrected chi connectivity index (χ3v) is 3.25. The van der Waals surface area contributed by atoms with Crippen LogP contribution in [-0.2, 0) is 0 Å². The Kier molecular flexibility index (Phi) is 6.51. The van der Waals surface area contributed by atoms with Crippen LogP contribution in [-0.4, -0.2) is 29.4 Å². The number of anilines is 1. The number of pyridine rings is 1. The van der Waals surface area contributed by atoms with Gasteiger partial charge >= 0.3 is 0 Å². The minimum Gasteiger partial charge on any atom is -0.489 e. The van der Waals surface area contributed by atoms with Crippen LogP contribution in [0.1, 0.15) is 48.2 Å².